The third kappa shape index (κ3) is 4.03. The van der Waals surface area contributed by atoms with Crippen LogP contribution in [0.1, 0.15) is 105 Å². The van der Waals surface area contributed by atoms with Crippen LogP contribution in [0.25, 0.3) is 0 Å². The van der Waals surface area contributed by atoms with Gasteiger partial charge in [0, 0.05) is 17.9 Å². The minimum absolute atomic E-state index is 0.159. The second-order valence-corrected chi connectivity index (χ2v) is 19.6. The summed E-state index contributed by atoms with van der Waals surface area (Å²) in [7, 11) is -1.49. The van der Waals surface area contributed by atoms with Gasteiger partial charge in [0.15, 0.2) is 8.32 Å². The number of ether oxygens (including phenoxy) is 1. The van der Waals surface area contributed by atoms with Gasteiger partial charge in [-0.3, -0.25) is 0 Å². The Morgan fingerprint density at radius 3 is 2.39 bits per heavy atom. The van der Waals surface area contributed by atoms with E-state index < -0.39 is 8.32 Å². The smallest absolute Gasteiger partial charge is 0.184 e. The maximum absolute atomic E-state index is 6.78. The van der Waals surface area contributed by atoms with Gasteiger partial charge < -0.3 is 9.16 Å². The van der Waals surface area contributed by atoms with Gasteiger partial charge in [0.1, 0.15) is 5.60 Å². The van der Waals surface area contributed by atoms with Crippen LogP contribution in [0.15, 0.2) is 0 Å². The highest BCUT2D eigenvalue weighted by atomic mass is 28.4. The van der Waals surface area contributed by atoms with Gasteiger partial charge in [0.2, 0.25) is 0 Å². The lowest BCUT2D eigenvalue weighted by atomic mass is 9.44. The Morgan fingerprint density at radius 1 is 0.939 bits per heavy atom. The Balaban J connectivity index is 1.30. The van der Waals surface area contributed by atoms with E-state index in [0.29, 0.717) is 23.0 Å². The molecule has 33 heavy (non-hydrogen) atoms. The molecule has 5 rings (SSSR count). The zero-order chi connectivity index (χ0) is 23.8. The summed E-state index contributed by atoms with van der Waals surface area (Å²) in [6.45, 7) is 19.8. The van der Waals surface area contributed by atoms with E-state index in [1.54, 1.807) is 0 Å². The molecule has 2 nitrogen and oxygen atoms in total. The molecule has 0 aromatic carbocycles. The first-order valence-electron chi connectivity index (χ1n) is 14.8. The normalized spacial score (nSPS) is 49.7. The summed E-state index contributed by atoms with van der Waals surface area (Å²) in [6, 6.07) is 0. The van der Waals surface area contributed by atoms with E-state index >= 15 is 0 Å². The third-order valence-corrected chi connectivity index (χ3v) is 12.8. The van der Waals surface area contributed by atoms with Crippen molar-refractivity contribution in [2.45, 2.75) is 143 Å². The summed E-state index contributed by atoms with van der Waals surface area (Å²) in [6.07, 6.45) is 16.3. The Morgan fingerprint density at radius 2 is 1.70 bits per heavy atom. The molecule has 190 valence electrons. The van der Waals surface area contributed by atoms with Crippen LogP contribution in [0.5, 0.6) is 0 Å². The summed E-state index contributed by atoms with van der Waals surface area (Å²) in [5, 5.41) is 0. The first-order valence-corrected chi connectivity index (χ1v) is 18.2. The van der Waals surface area contributed by atoms with Crippen LogP contribution in [-0.4, -0.2) is 26.1 Å². The van der Waals surface area contributed by atoms with Crippen LogP contribution >= 0.6 is 0 Å². The molecule has 10 atom stereocenters. The molecule has 5 aliphatic rings. The van der Waals surface area contributed by atoms with Crippen molar-refractivity contribution in [3.8, 4) is 0 Å². The maximum Gasteiger partial charge on any atom is 0.184 e. The van der Waals surface area contributed by atoms with Gasteiger partial charge >= 0.3 is 0 Å². The molecule has 3 heteroatoms. The molecule has 0 unspecified atom stereocenters. The molecular weight excluding hydrogens is 420 g/mol. The molecule has 0 aromatic rings. The van der Waals surface area contributed by atoms with Gasteiger partial charge in [-0.05, 0) is 106 Å². The van der Waals surface area contributed by atoms with E-state index in [4.69, 9.17) is 9.16 Å². The first-order chi connectivity index (χ1) is 15.4. The second kappa shape index (κ2) is 8.34. The summed E-state index contributed by atoms with van der Waals surface area (Å²) in [4.78, 5) is 0. The van der Waals surface area contributed by atoms with Gasteiger partial charge in [-0.1, -0.05) is 53.9 Å². The highest BCUT2D eigenvalue weighted by molar-refractivity contribution is 6.69. The van der Waals surface area contributed by atoms with Crippen LogP contribution in [-0.2, 0) is 9.16 Å². The fourth-order valence-electron chi connectivity index (χ4n) is 10.3. The van der Waals surface area contributed by atoms with Crippen molar-refractivity contribution in [1.29, 1.82) is 0 Å². The van der Waals surface area contributed by atoms with Gasteiger partial charge in [-0.15, -0.1) is 0 Å². The quantitative estimate of drug-likeness (QED) is 0.273. The molecule has 0 amide bonds. The molecular formula is C30H54O2Si. The van der Waals surface area contributed by atoms with Gasteiger partial charge in [-0.25, -0.2) is 0 Å². The fraction of sp³-hybridized carbons (Fsp3) is 1.00. The van der Waals surface area contributed by atoms with Gasteiger partial charge in [-0.2, -0.15) is 0 Å². The predicted octanol–water partition coefficient (Wildman–Crippen LogP) is 8.46. The molecule has 1 spiro atoms. The molecule has 1 saturated heterocycles. The Hall–Kier alpha value is 0.137. The van der Waals surface area contributed by atoms with E-state index in [0.717, 1.165) is 35.5 Å². The van der Waals surface area contributed by atoms with E-state index in [1.807, 2.05) is 0 Å². The van der Waals surface area contributed by atoms with Crippen molar-refractivity contribution < 1.29 is 9.16 Å². The zero-order valence-corrected chi connectivity index (χ0v) is 24.2. The number of rotatable bonds is 7. The lowest BCUT2D eigenvalue weighted by molar-refractivity contribution is -0.114. The summed E-state index contributed by atoms with van der Waals surface area (Å²) in [5.74, 6) is 5.46. The van der Waals surface area contributed by atoms with Crippen molar-refractivity contribution in [2.75, 3.05) is 0 Å². The number of hydrogen-bond acceptors (Lipinski definition) is 2. The molecule has 0 aromatic heterocycles. The van der Waals surface area contributed by atoms with Crippen molar-refractivity contribution in [2.24, 2.45) is 46.3 Å². The third-order valence-electron chi connectivity index (χ3n) is 11.8. The standard InChI is InChI=1S/C30H54O2Si/c1-20(2)10-9-11-21(3)24-12-13-25-23-18-27-30(31-27)19-22(32-33(6,7)8)14-17-29(30,5)26(23)15-16-28(24,25)4/h20-27H,9-19H2,1-8H3/t21-,22+,23+,24-,25+,26+,27+,28-,29-,30+/m1/s1. The van der Waals surface area contributed by atoms with Gasteiger partial charge in [0.25, 0.3) is 0 Å². The summed E-state index contributed by atoms with van der Waals surface area (Å²) in [5.41, 5.74) is 1.14. The molecule has 0 bridgehead atoms. The minimum Gasteiger partial charge on any atom is -0.415 e. The lowest BCUT2D eigenvalue weighted by Gasteiger charge is -2.60. The van der Waals surface area contributed by atoms with Crippen LogP contribution in [0.4, 0.5) is 0 Å². The molecule has 0 N–H and O–H groups in total. The maximum atomic E-state index is 6.78. The monoisotopic (exact) mass is 474 g/mol. The first kappa shape index (κ1) is 24.8. The molecule has 1 aliphatic heterocycles. The van der Waals surface area contributed by atoms with Crippen LogP contribution in [0.3, 0.4) is 0 Å². The molecule has 1 heterocycles. The Bertz CT molecular complexity index is 729. The van der Waals surface area contributed by atoms with Crippen LogP contribution in [0, 0.1) is 46.3 Å². The number of fused-ring (bicyclic) bond motifs is 4. The number of hydrogen-bond donors (Lipinski definition) is 0. The minimum atomic E-state index is -1.49. The SMILES string of the molecule is CC(C)CCC[C@@H](C)[C@H]1CC[C@H]2[C@@H]3C[C@@H]4O[C@@]45C[C@@H](O[Si](C)(C)C)CC[C@]5(C)[C@H]3CC[C@]12C. The summed E-state index contributed by atoms with van der Waals surface area (Å²) < 4.78 is 13.4. The van der Waals surface area contributed by atoms with Gasteiger partial charge in [0.05, 0.1) is 6.10 Å². The van der Waals surface area contributed by atoms with Crippen molar-refractivity contribution in [3.05, 3.63) is 0 Å². The average molecular weight is 475 g/mol. The second-order valence-electron chi connectivity index (χ2n) is 15.2. The Labute approximate surface area is 206 Å². The Kier molecular flexibility index (Phi) is 6.27. The van der Waals surface area contributed by atoms with Crippen molar-refractivity contribution in [1.82, 2.24) is 0 Å². The lowest BCUT2D eigenvalue weighted by Crippen LogP contribution is -2.59. The topological polar surface area (TPSA) is 21.8 Å². The molecule has 0 radical (unpaired) electrons. The highest BCUT2D eigenvalue weighted by Gasteiger charge is 2.76. The van der Waals surface area contributed by atoms with E-state index in [9.17, 15) is 0 Å². The number of epoxide rings is 1. The predicted molar refractivity (Wildman–Crippen MR) is 141 cm³/mol. The largest absolute Gasteiger partial charge is 0.415 e. The average Bonchev–Trinajstić information content (AvgIpc) is 3.27. The van der Waals surface area contributed by atoms with Crippen LogP contribution < -0.4 is 0 Å². The fourth-order valence-corrected chi connectivity index (χ4v) is 11.5. The van der Waals surface area contributed by atoms with E-state index in [2.05, 4.69) is 54.3 Å². The highest BCUT2D eigenvalue weighted by Crippen LogP contribution is 2.74. The van der Waals surface area contributed by atoms with Crippen molar-refractivity contribution >= 4 is 8.32 Å². The molecule has 5 fully saturated rings. The summed E-state index contributed by atoms with van der Waals surface area (Å²) >= 11 is 0. The van der Waals surface area contributed by atoms with Crippen LogP contribution in [0.2, 0.25) is 19.6 Å². The van der Waals surface area contributed by atoms with E-state index in [-0.39, 0.29) is 5.60 Å². The van der Waals surface area contributed by atoms with E-state index in [1.165, 1.54) is 70.6 Å². The zero-order valence-electron chi connectivity index (χ0n) is 23.2. The van der Waals surface area contributed by atoms with Crippen molar-refractivity contribution in [3.63, 3.8) is 0 Å². The molecule has 4 aliphatic carbocycles. The molecule has 4 saturated carbocycles.